The molecule has 0 bridgehead atoms. The summed E-state index contributed by atoms with van der Waals surface area (Å²) in [7, 11) is 1.71. The number of carbonyl (C=O) groups excluding carboxylic acids is 2. The lowest BCUT2D eigenvalue weighted by atomic mass is 10.2. The van der Waals surface area contributed by atoms with E-state index in [1.165, 1.54) is 0 Å². The number of esters is 1. The molecule has 8 nitrogen and oxygen atoms in total. The number of aryl methyl sites for hydroxylation is 2. The van der Waals surface area contributed by atoms with Gasteiger partial charge in [-0.1, -0.05) is 6.92 Å². The van der Waals surface area contributed by atoms with Crippen LogP contribution in [-0.2, 0) is 16.6 Å². The number of carbonyl (C=O) groups is 2. The van der Waals surface area contributed by atoms with Gasteiger partial charge in [-0.3, -0.25) is 9.48 Å². The zero-order valence-electron chi connectivity index (χ0n) is 16.1. The maximum absolute atomic E-state index is 12.2. The fraction of sp³-hybridized carbons (Fsp3) is 0.421. The minimum absolute atomic E-state index is 0.284. The number of rotatable bonds is 9. The van der Waals surface area contributed by atoms with Crippen LogP contribution >= 0.6 is 0 Å². The Labute approximate surface area is 158 Å². The SMILES string of the molecule is CCCOc1ccc(C(=O)OCC(=O)Nc2cc(C)nn2C)cc1OCC. The second-order valence-corrected chi connectivity index (χ2v) is 5.86. The van der Waals surface area contributed by atoms with Gasteiger partial charge in [0.1, 0.15) is 5.82 Å². The molecule has 0 radical (unpaired) electrons. The molecule has 0 saturated carbocycles. The lowest BCUT2D eigenvalue weighted by Crippen LogP contribution is -2.22. The van der Waals surface area contributed by atoms with Crippen molar-refractivity contribution in [2.45, 2.75) is 27.2 Å². The molecule has 1 heterocycles. The van der Waals surface area contributed by atoms with Crippen LogP contribution in [0.25, 0.3) is 0 Å². The minimum Gasteiger partial charge on any atom is -0.490 e. The van der Waals surface area contributed by atoms with Crippen LogP contribution < -0.4 is 14.8 Å². The Morgan fingerprint density at radius 1 is 1.15 bits per heavy atom. The molecule has 2 aromatic rings. The van der Waals surface area contributed by atoms with Crippen molar-refractivity contribution < 1.29 is 23.8 Å². The third kappa shape index (κ3) is 5.73. The first kappa shape index (κ1) is 20.3. The maximum Gasteiger partial charge on any atom is 0.338 e. The molecule has 1 aromatic carbocycles. The Morgan fingerprint density at radius 3 is 2.56 bits per heavy atom. The Balaban J connectivity index is 1.97. The number of ether oxygens (including phenoxy) is 3. The van der Waals surface area contributed by atoms with Crippen LogP contribution in [-0.4, -0.2) is 41.5 Å². The molecule has 1 amide bonds. The Morgan fingerprint density at radius 2 is 1.93 bits per heavy atom. The Kier molecular flexibility index (Phi) is 7.22. The summed E-state index contributed by atoms with van der Waals surface area (Å²) in [6.07, 6.45) is 0.862. The topological polar surface area (TPSA) is 91.7 Å². The molecular formula is C19H25N3O5. The molecule has 0 saturated heterocycles. The van der Waals surface area contributed by atoms with Gasteiger partial charge >= 0.3 is 5.97 Å². The predicted molar refractivity (Wildman–Crippen MR) is 100 cm³/mol. The molecule has 1 N–H and O–H groups in total. The van der Waals surface area contributed by atoms with Crippen molar-refractivity contribution in [2.75, 3.05) is 25.1 Å². The average Bonchev–Trinajstić information content (AvgIpc) is 2.95. The number of hydrogen-bond acceptors (Lipinski definition) is 6. The smallest absolute Gasteiger partial charge is 0.338 e. The van der Waals surface area contributed by atoms with Crippen LogP contribution in [0, 0.1) is 6.92 Å². The van der Waals surface area contributed by atoms with Crippen molar-refractivity contribution in [3.63, 3.8) is 0 Å². The Bertz CT molecular complexity index is 801. The lowest BCUT2D eigenvalue weighted by molar-refractivity contribution is -0.119. The zero-order valence-corrected chi connectivity index (χ0v) is 16.1. The molecule has 0 aliphatic heterocycles. The van der Waals surface area contributed by atoms with Gasteiger partial charge in [0.2, 0.25) is 0 Å². The molecule has 27 heavy (non-hydrogen) atoms. The quantitative estimate of drug-likeness (QED) is 0.678. The van der Waals surface area contributed by atoms with E-state index >= 15 is 0 Å². The number of hydrogen-bond donors (Lipinski definition) is 1. The van der Waals surface area contributed by atoms with Gasteiger partial charge < -0.3 is 19.5 Å². The van der Waals surface area contributed by atoms with Gasteiger partial charge in [-0.25, -0.2) is 4.79 Å². The van der Waals surface area contributed by atoms with Gasteiger partial charge in [0.05, 0.1) is 24.5 Å². The van der Waals surface area contributed by atoms with E-state index in [0.717, 1.165) is 12.1 Å². The van der Waals surface area contributed by atoms with Crippen molar-refractivity contribution in [1.82, 2.24) is 9.78 Å². The van der Waals surface area contributed by atoms with E-state index in [0.29, 0.717) is 30.5 Å². The fourth-order valence-corrected chi connectivity index (χ4v) is 2.36. The van der Waals surface area contributed by atoms with Crippen molar-refractivity contribution in [3.05, 3.63) is 35.5 Å². The van der Waals surface area contributed by atoms with Crippen molar-refractivity contribution in [3.8, 4) is 11.5 Å². The molecule has 2 rings (SSSR count). The summed E-state index contributed by atoms with van der Waals surface area (Å²) in [4.78, 5) is 24.2. The maximum atomic E-state index is 12.2. The Hall–Kier alpha value is -3.03. The van der Waals surface area contributed by atoms with E-state index in [2.05, 4.69) is 10.4 Å². The summed E-state index contributed by atoms with van der Waals surface area (Å²) in [6, 6.07) is 6.52. The van der Waals surface area contributed by atoms with Crippen LogP contribution in [0.5, 0.6) is 11.5 Å². The van der Waals surface area contributed by atoms with E-state index in [1.807, 2.05) is 20.8 Å². The van der Waals surface area contributed by atoms with E-state index < -0.39 is 18.5 Å². The van der Waals surface area contributed by atoms with Crippen LogP contribution in [0.3, 0.4) is 0 Å². The highest BCUT2D eigenvalue weighted by Gasteiger charge is 2.15. The minimum atomic E-state index is -0.616. The number of amides is 1. The lowest BCUT2D eigenvalue weighted by Gasteiger charge is -2.13. The summed E-state index contributed by atoms with van der Waals surface area (Å²) < 4.78 is 17.8. The second-order valence-electron chi connectivity index (χ2n) is 5.86. The largest absolute Gasteiger partial charge is 0.490 e. The van der Waals surface area contributed by atoms with Gasteiger partial charge in [-0.15, -0.1) is 0 Å². The highest BCUT2D eigenvalue weighted by atomic mass is 16.5. The van der Waals surface area contributed by atoms with E-state index in [1.54, 1.807) is 36.0 Å². The third-order valence-corrected chi connectivity index (χ3v) is 3.54. The summed E-state index contributed by atoms with van der Waals surface area (Å²) in [5, 5.41) is 6.77. The van der Waals surface area contributed by atoms with Crippen LogP contribution in [0.1, 0.15) is 36.3 Å². The monoisotopic (exact) mass is 375 g/mol. The van der Waals surface area contributed by atoms with Crippen LogP contribution in [0.15, 0.2) is 24.3 Å². The molecule has 0 aliphatic rings. The molecule has 1 aromatic heterocycles. The molecule has 0 atom stereocenters. The highest BCUT2D eigenvalue weighted by Crippen LogP contribution is 2.29. The molecule has 146 valence electrons. The molecule has 0 aliphatic carbocycles. The first-order chi connectivity index (χ1) is 12.9. The highest BCUT2D eigenvalue weighted by molar-refractivity contribution is 5.95. The molecule has 0 fully saturated rings. The fourth-order valence-electron chi connectivity index (χ4n) is 2.36. The summed E-state index contributed by atoms with van der Waals surface area (Å²) in [5.74, 6) is 0.507. The third-order valence-electron chi connectivity index (χ3n) is 3.54. The molecule has 0 spiro atoms. The standard InChI is InChI=1S/C19H25N3O5/c1-5-9-26-15-8-7-14(11-16(15)25-6-2)19(24)27-12-18(23)20-17-10-13(3)21-22(17)4/h7-8,10-11H,5-6,9,12H2,1-4H3,(H,20,23). The van der Waals surface area contributed by atoms with Crippen molar-refractivity contribution >= 4 is 17.7 Å². The summed E-state index contributed by atoms with van der Waals surface area (Å²) >= 11 is 0. The van der Waals surface area contributed by atoms with E-state index in [4.69, 9.17) is 14.2 Å². The average molecular weight is 375 g/mol. The number of nitrogens with zero attached hydrogens (tertiary/aromatic N) is 2. The van der Waals surface area contributed by atoms with Gasteiger partial charge in [0, 0.05) is 13.1 Å². The second kappa shape index (κ2) is 9.61. The van der Waals surface area contributed by atoms with Crippen molar-refractivity contribution in [2.24, 2.45) is 7.05 Å². The first-order valence-corrected chi connectivity index (χ1v) is 8.81. The predicted octanol–water partition coefficient (Wildman–Crippen LogP) is 2.71. The number of benzene rings is 1. The van der Waals surface area contributed by atoms with Gasteiger partial charge in [-0.2, -0.15) is 5.10 Å². The van der Waals surface area contributed by atoms with Crippen LogP contribution in [0.4, 0.5) is 5.82 Å². The number of nitrogens with one attached hydrogen (secondary N) is 1. The molecular weight excluding hydrogens is 350 g/mol. The van der Waals surface area contributed by atoms with E-state index in [9.17, 15) is 9.59 Å². The first-order valence-electron chi connectivity index (χ1n) is 8.81. The zero-order chi connectivity index (χ0) is 19.8. The van der Waals surface area contributed by atoms with Gasteiger partial charge in [0.25, 0.3) is 5.91 Å². The van der Waals surface area contributed by atoms with E-state index in [-0.39, 0.29) is 5.56 Å². The number of anilines is 1. The summed E-state index contributed by atoms with van der Waals surface area (Å²) in [6.45, 7) is 6.26. The van der Waals surface area contributed by atoms with Gasteiger partial charge in [0.15, 0.2) is 18.1 Å². The normalized spacial score (nSPS) is 10.4. The molecule has 0 unspecified atom stereocenters. The van der Waals surface area contributed by atoms with Crippen LogP contribution in [0.2, 0.25) is 0 Å². The number of aromatic nitrogens is 2. The van der Waals surface area contributed by atoms with Gasteiger partial charge in [-0.05, 0) is 38.5 Å². The molecule has 8 heteroatoms. The van der Waals surface area contributed by atoms with Crippen molar-refractivity contribution in [1.29, 1.82) is 0 Å². The summed E-state index contributed by atoms with van der Waals surface area (Å²) in [5.41, 5.74) is 1.06.